The number of carbonyl (C=O) groups excluding carboxylic acids is 1. The number of ether oxygens (including phenoxy) is 1. The van der Waals surface area contributed by atoms with Gasteiger partial charge < -0.3 is 14.6 Å². The molecule has 0 aliphatic carbocycles. The number of nitrogens with zero attached hydrogens (tertiary/aromatic N) is 1. The average molecular weight is 258 g/mol. The highest BCUT2D eigenvalue weighted by atomic mass is 16.5. The molecule has 0 saturated carbocycles. The van der Waals surface area contributed by atoms with E-state index in [9.17, 15) is 9.59 Å². The zero-order chi connectivity index (χ0) is 13.6. The Balaban J connectivity index is 2.43. The van der Waals surface area contributed by atoms with E-state index in [1.807, 2.05) is 31.2 Å². The predicted molar refractivity (Wildman–Crippen MR) is 72.6 cm³/mol. The van der Waals surface area contributed by atoms with Crippen LogP contribution in [0.4, 0.5) is 5.69 Å². The third kappa shape index (κ3) is 1.62. The minimum Gasteiger partial charge on any atom is -0.478 e. The van der Waals surface area contributed by atoms with Crippen LogP contribution in [0.5, 0.6) is 5.75 Å². The van der Waals surface area contributed by atoms with E-state index in [0.29, 0.717) is 12.3 Å². The smallest absolute Gasteiger partial charge is 0.278 e. The number of carbonyl (C=O) groups is 1. The fourth-order valence-electron chi connectivity index (χ4n) is 2.38. The molecule has 1 aliphatic rings. The summed E-state index contributed by atoms with van der Waals surface area (Å²) in [5, 5.41) is 3.49. The number of para-hydroxylation sites is 1. The number of pyridine rings is 1. The van der Waals surface area contributed by atoms with E-state index in [1.54, 1.807) is 11.5 Å². The SMILES string of the molecule is CCn1c(=O)c2c(c3ccccc31)OC(C)C(=O)N2. The van der Waals surface area contributed by atoms with Gasteiger partial charge >= 0.3 is 0 Å². The molecule has 5 nitrogen and oxygen atoms in total. The van der Waals surface area contributed by atoms with Gasteiger partial charge in [0, 0.05) is 11.9 Å². The van der Waals surface area contributed by atoms with Crippen LogP contribution in [0, 0.1) is 0 Å². The van der Waals surface area contributed by atoms with Crippen molar-refractivity contribution in [3.8, 4) is 5.75 Å². The molecule has 0 bridgehead atoms. The number of benzene rings is 1. The number of hydrogen-bond acceptors (Lipinski definition) is 3. The summed E-state index contributed by atoms with van der Waals surface area (Å²) < 4.78 is 7.25. The molecule has 1 N–H and O–H groups in total. The zero-order valence-electron chi connectivity index (χ0n) is 10.8. The molecule has 1 aromatic carbocycles. The number of hydrogen-bond donors (Lipinski definition) is 1. The minimum atomic E-state index is -0.590. The number of aromatic nitrogens is 1. The van der Waals surface area contributed by atoms with E-state index in [2.05, 4.69) is 5.32 Å². The molecule has 0 radical (unpaired) electrons. The molecule has 0 spiro atoms. The predicted octanol–water partition coefficient (Wildman–Crippen LogP) is 1.74. The fourth-order valence-corrected chi connectivity index (χ4v) is 2.38. The first-order chi connectivity index (χ1) is 9.13. The molecule has 19 heavy (non-hydrogen) atoms. The van der Waals surface area contributed by atoms with Gasteiger partial charge in [-0.05, 0) is 26.0 Å². The maximum absolute atomic E-state index is 12.4. The topological polar surface area (TPSA) is 60.3 Å². The largest absolute Gasteiger partial charge is 0.478 e. The molecule has 0 saturated heterocycles. The Labute approximate surface area is 109 Å². The molecule has 1 amide bonds. The van der Waals surface area contributed by atoms with Crippen LogP contribution in [0.3, 0.4) is 0 Å². The normalized spacial score (nSPS) is 17.8. The van der Waals surface area contributed by atoms with E-state index in [-0.39, 0.29) is 17.2 Å². The Kier molecular flexibility index (Phi) is 2.55. The second kappa shape index (κ2) is 4.12. The second-order valence-electron chi connectivity index (χ2n) is 4.52. The van der Waals surface area contributed by atoms with Gasteiger partial charge in [-0.25, -0.2) is 0 Å². The lowest BCUT2D eigenvalue weighted by Crippen LogP contribution is -2.38. The van der Waals surface area contributed by atoms with Gasteiger partial charge in [0.1, 0.15) is 0 Å². The molecule has 98 valence electrons. The molecule has 0 fully saturated rings. The summed E-state index contributed by atoms with van der Waals surface area (Å²) in [6, 6.07) is 7.54. The van der Waals surface area contributed by atoms with E-state index in [4.69, 9.17) is 4.74 Å². The van der Waals surface area contributed by atoms with Crippen LogP contribution < -0.4 is 15.6 Å². The molecular formula is C14H14N2O3. The Morgan fingerprint density at radius 3 is 2.79 bits per heavy atom. The van der Waals surface area contributed by atoms with Gasteiger partial charge in [0.2, 0.25) is 0 Å². The van der Waals surface area contributed by atoms with Crippen LogP contribution in [-0.2, 0) is 11.3 Å². The van der Waals surface area contributed by atoms with Crippen molar-refractivity contribution in [3.63, 3.8) is 0 Å². The van der Waals surface area contributed by atoms with Crippen molar-refractivity contribution < 1.29 is 9.53 Å². The van der Waals surface area contributed by atoms with Crippen LogP contribution in [-0.4, -0.2) is 16.6 Å². The maximum atomic E-state index is 12.4. The Hall–Kier alpha value is -2.30. The molecule has 2 aromatic rings. The number of nitrogens with one attached hydrogen (secondary N) is 1. The summed E-state index contributed by atoms with van der Waals surface area (Å²) in [7, 11) is 0. The summed E-state index contributed by atoms with van der Waals surface area (Å²) in [5.74, 6) is 0.180. The van der Waals surface area contributed by atoms with E-state index >= 15 is 0 Å². The highest BCUT2D eigenvalue weighted by Crippen LogP contribution is 2.34. The lowest BCUT2D eigenvalue weighted by molar-refractivity contribution is -0.122. The first-order valence-electron chi connectivity index (χ1n) is 6.26. The van der Waals surface area contributed by atoms with Gasteiger partial charge in [-0.2, -0.15) is 0 Å². The van der Waals surface area contributed by atoms with Gasteiger partial charge in [-0.1, -0.05) is 12.1 Å². The summed E-state index contributed by atoms with van der Waals surface area (Å²) >= 11 is 0. The molecular weight excluding hydrogens is 244 g/mol. The van der Waals surface area contributed by atoms with Crippen LogP contribution in [0.2, 0.25) is 0 Å². The van der Waals surface area contributed by atoms with Crippen molar-refractivity contribution in [2.24, 2.45) is 0 Å². The van der Waals surface area contributed by atoms with Gasteiger partial charge in [0.25, 0.3) is 11.5 Å². The highest BCUT2D eigenvalue weighted by Gasteiger charge is 2.28. The minimum absolute atomic E-state index is 0.226. The third-order valence-electron chi connectivity index (χ3n) is 3.35. The Morgan fingerprint density at radius 1 is 1.32 bits per heavy atom. The molecule has 1 aromatic heterocycles. The van der Waals surface area contributed by atoms with Gasteiger partial charge in [-0.3, -0.25) is 9.59 Å². The van der Waals surface area contributed by atoms with E-state index in [0.717, 1.165) is 10.9 Å². The van der Waals surface area contributed by atoms with Crippen molar-refractivity contribution in [1.82, 2.24) is 4.57 Å². The zero-order valence-corrected chi connectivity index (χ0v) is 10.8. The first-order valence-corrected chi connectivity index (χ1v) is 6.26. The standard InChI is InChI=1S/C14H14N2O3/c1-3-16-10-7-5-4-6-9(10)12-11(14(16)18)15-13(17)8(2)19-12/h4-8H,3H2,1-2H3,(H,15,17). The molecule has 5 heteroatoms. The number of amides is 1. The number of fused-ring (bicyclic) bond motifs is 3. The quantitative estimate of drug-likeness (QED) is 0.847. The molecule has 3 rings (SSSR count). The van der Waals surface area contributed by atoms with E-state index in [1.165, 1.54) is 0 Å². The van der Waals surface area contributed by atoms with E-state index < -0.39 is 6.10 Å². The molecule has 1 unspecified atom stereocenters. The van der Waals surface area contributed by atoms with Gasteiger partial charge in [0.15, 0.2) is 17.5 Å². The fraction of sp³-hybridized carbons (Fsp3) is 0.286. The summed E-state index contributed by atoms with van der Waals surface area (Å²) in [6.45, 7) is 4.10. The summed E-state index contributed by atoms with van der Waals surface area (Å²) in [6.07, 6.45) is -0.590. The van der Waals surface area contributed by atoms with Gasteiger partial charge in [0.05, 0.1) is 5.52 Å². The number of rotatable bonds is 1. The first kappa shape index (κ1) is 11.8. The third-order valence-corrected chi connectivity index (χ3v) is 3.35. The summed E-state index contributed by atoms with van der Waals surface area (Å²) in [5.41, 5.74) is 0.831. The van der Waals surface area contributed by atoms with Crippen molar-refractivity contribution in [1.29, 1.82) is 0 Å². The van der Waals surface area contributed by atoms with Crippen molar-refractivity contribution in [2.75, 3.05) is 5.32 Å². The maximum Gasteiger partial charge on any atom is 0.278 e. The van der Waals surface area contributed by atoms with Crippen molar-refractivity contribution in [2.45, 2.75) is 26.5 Å². The summed E-state index contributed by atoms with van der Waals surface area (Å²) in [4.78, 5) is 24.0. The lowest BCUT2D eigenvalue weighted by Gasteiger charge is -2.25. The molecule has 2 heterocycles. The number of anilines is 1. The lowest BCUT2D eigenvalue weighted by atomic mass is 10.1. The van der Waals surface area contributed by atoms with Crippen LogP contribution in [0.25, 0.3) is 10.9 Å². The Morgan fingerprint density at radius 2 is 2.05 bits per heavy atom. The molecule has 1 aliphatic heterocycles. The average Bonchev–Trinajstić information content (AvgIpc) is 2.42. The Bertz CT molecular complexity index is 733. The van der Waals surface area contributed by atoms with Gasteiger partial charge in [-0.15, -0.1) is 0 Å². The van der Waals surface area contributed by atoms with Crippen molar-refractivity contribution >= 4 is 22.5 Å². The van der Waals surface area contributed by atoms with Crippen LogP contribution in [0.15, 0.2) is 29.1 Å². The highest BCUT2D eigenvalue weighted by molar-refractivity contribution is 6.02. The second-order valence-corrected chi connectivity index (χ2v) is 4.52. The van der Waals surface area contributed by atoms with Crippen molar-refractivity contribution in [3.05, 3.63) is 34.6 Å². The monoisotopic (exact) mass is 258 g/mol. The van der Waals surface area contributed by atoms with Crippen LogP contribution in [0.1, 0.15) is 13.8 Å². The number of aryl methyl sites for hydroxylation is 1. The molecule has 1 atom stereocenters. The van der Waals surface area contributed by atoms with Crippen LogP contribution >= 0.6 is 0 Å².